The molecule has 0 radical (unpaired) electrons. The maximum atomic E-state index is 14.1. The zero-order chi connectivity index (χ0) is 27.3. The Morgan fingerprint density at radius 2 is 1.73 bits per heavy atom. The lowest BCUT2D eigenvalue weighted by Gasteiger charge is -2.30. The van der Waals surface area contributed by atoms with Gasteiger partial charge in [0.15, 0.2) is 5.69 Å². The molecule has 0 aliphatic rings. The van der Waals surface area contributed by atoms with Crippen LogP contribution in [0.4, 0.5) is 17.6 Å². The van der Waals surface area contributed by atoms with E-state index >= 15 is 0 Å². The first-order chi connectivity index (χ1) is 17.2. The summed E-state index contributed by atoms with van der Waals surface area (Å²) in [7, 11) is 0. The molecule has 0 fully saturated rings. The van der Waals surface area contributed by atoms with E-state index < -0.39 is 51.9 Å². The largest absolute Gasteiger partial charge is 0.421 e. The predicted octanol–water partition coefficient (Wildman–Crippen LogP) is 4.71. The first-order valence-electron chi connectivity index (χ1n) is 11.3. The van der Waals surface area contributed by atoms with Crippen molar-refractivity contribution in [3.05, 3.63) is 92.8 Å². The van der Waals surface area contributed by atoms with Gasteiger partial charge in [-0.25, -0.2) is 8.91 Å². The van der Waals surface area contributed by atoms with Gasteiger partial charge in [-0.1, -0.05) is 24.3 Å². The molecule has 4 aromatic rings. The van der Waals surface area contributed by atoms with E-state index in [0.717, 1.165) is 27.8 Å². The van der Waals surface area contributed by atoms with Crippen LogP contribution in [0.2, 0.25) is 0 Å². The summed E-state index contributed by atoms with van der Waals surface area (Å²) >= 11 is 0. The molecule has 7 nitrogen and oxygen atoms in total. The smallest absolute Gasteiger partial charge is 0.388 e. The molecule has 1 amide bonds. The van der Waals surface area contributed by atoms with Gasteiger partial charge in [0.1, 0.15) is 16.9 Å². The molecular formula is C26H24F4N4O3. The maximum absolute atomic E-state index is 14.1. The van der Waals surface area contributed by atoms with E-state index in [4.69, 9.17) is 0 Å². The molecule has 2 heterocycles. The molecular weight excluding hydrogens is 492 g/mol. The van der Waals surface area contributed by atoms with E-state index in [2.05, 4.69) is 15.4 Å². The molecule has 0 aliphatic heterocycles. The van der Waals surface area contributed by atoms with Crippen molar-refractivity contribution >= 4 is 11.4 Å². The summed E-state index contributed by atoms with van der Waals surface area (Å²) in [5.41, 5.74) is -3.18. The van der Waals surface area contributed by atoms with Crippen LogP contribution < -0.4 is 10.9 Å². The number of aromatic nitrogens is 3. The zero-order valence-electron chi connectivity index (χ0n) is 20.4. The highest BCUT2D eigenvalue weighted by molar-refractivity contribution is 5.96. The van der Waals surface area contributed by atoms with Crippen molar-refractivity contribution in [3.8, 4) is 11.3 Å². The number of fused-ring (bicyclic) bond motifs is 1. The quantitative estimate of drug-likeness (QED) is 0.335. The minimum atomic E-state index is -5.09. The van der Waals surface area contributed by atoms with E-state index in [9.17, 15) is 32.3 Å². The fraction of sp³-hybridized carbons (Fsp3) is 0.269. The predicted molar refractivity (Wildman–Crippen MR) is 129 cm³/mol. The normalized spacial score (nSPS) is 13.1. The summed E-state index contributed by atoms with van der Waals surface area (Å²) in [5.74, 6) is -1.83. The Bertz CT molecular complexity index is 1550. The van der Waals surface area contributed by atoms with Crippen LogP contribution in [0.15, 0.2) is 53.5 Å². The lowest BCUT2D eigenvalue weighted by Crippen LogP contribution is -2.42. The summed E-state index contributed by atoms with van der Waals surface area (Å²) in [4.78, 5) is 28.4. The average Bonchev–Trinajstić information content (AvgIpc) is 3.20. The lowest BCUT2D eigenvalue weighted by molar-refractivity contribution is -0.136. The number of carbonyl (C=O) groups is 1. The molecule has 0 saturated carbocycles. The van der Waals surface area contributed by atoms with Crippen LogP contribution in [0.25, 0.3) is 16.8 Å². The first kappa shape index (κ1) is 26.1. The van der Waals surface area contributed by atoms with Crippen LogP contribution in [0.3, 0.4) is 0 Å². The molecule has 2 aromatic carbocycles. The number of H-pyrrole nitrogens is 1. The monoisotopic (exact) mass is 516 g/mol. The van der Waals surface area contributed by atoms with E-state index in [1.165, 1.54) is 32.2 Å². The highest BCUT2D eigenvalue weighted by atomic mass is 19.4. The van der Waals surface area contributed by atoms with Crippen molar-refractivity contribution in [2.24, 2.45) is 0 Å². The minimum absolute atomic E-state index is 0.212. The molecule has 194 valence electrons. The van der Waals surface area contributed by atoms with E-state index in [-0.39, 0.29) is 11.3 Å². The number of hydrogen-bond donors (Lipinski definition) is 3. The number of alkyl halides is 3. The molecule has 0 saturated heterocycles. The second-order valence-electron chi connectivity index (χ2n) is 9.42. The number of carbonyl (C=O) groups excluding carboxylic acids is 1. The van der Waals surface area contributed by atoms with Crippen molar-refractivity contribution in [3.63, 3.8) is 0 Å². The van der Waals surface area contributed by atoms with Gasteiger partial charge in [0.25, 0.3) is 11.5 Å². The molecule has 3 N–H and O–H groups in total. The molecule has 0 aliphatic carbocycles. The molecule has 11 heteroatoms. The summed E-state index contributed by atoms with van der Waals surface area (Å²) < 4.78 is 56.5. The van der Waals surface area contributed by atoms with E-state index in [1.54, 1.807) is 12.1 Å². The van der Waals surface area contributed by atoms with Crippen molar-refractivity contribution in [2.75, 3.05) is 0 Å². The van der Waals surface area contributed by atoms with Gasteiger partial charge in [-0.05, 0) is 68.1 Å². The third-order valence-electron chi connectivity index (χ3n) is 6.13. The number of hydrogen-bond acceptors (Lipinski definition) is 4. The fourth-order valence-corrected chi connectivity index (χ4v) is 4.09. The Morgan fingerprint density at radius 3 is 2.30 bits per heavy atom. The minimum Gasteiger partial charge on any atom is -0.388 e. The highest BCUT2D eigenvalue weighted by Crippen LogP contribution is 2.35. The molecule has 37 heavy (non-hydrogen) atoms. The van der Waals surface area contributed by atoms with Gasteiger partial charge >= 0.3 is 6.18 Å². The first-order valence-corrected chi connectivity index (χ1v) is 11.3. The molecule has 1 atom stereocenters. The van der Waals surface area contributed by atoms with E-state index in [1.807, 2.05) is 19.9 Å². The number of aromatic amines is 1. The van der Waals surface area contributed by atoms with Crippen LogP contribution in [0.5, 0.6) is 0 Å². The van der Waals surface area contributed by atoms with Crippen LogP contribution in [-0.4, -0.2) is 31.2 Å². The number of nitrogens with zero attached hydrogens (tertiary/aromatic N) is 2. The standard InChI is InChI=1S/C26H24F4N4O3/c1-13-5-6-16(11-14(13)2)18-12-34-21(24(36)31-18)19(26(28,29)30)20(33-34)23(35)32-22(25(3,4)37)15-7-9-17(27)10-8-15/h5-12,22,37H,1-4H3,(H,31,36)(H,32,35)/t22-/m0/s1. The second-order valence-corrected chi connectivity index (χ2v) is 9.42. The SMILES string of the molecule is Cc1ccc(-c2cn3nc(C(=O)N[C@@H](c4ccc(F)cc4)C(C)(C)O)c(C(F)(F)F)c3c(=O)[nH]2)cc1C. The van der Waals surface area contributed by atoms with Gasteiger partial charge in [-0.2, -0.15) is 18.3 Å². The fourth-order valence-electron chi connectivity index (χ4n) is 4.09. The Balaban J connectivity index is 1.84. The van der Waals surface area contributed by atoms with Crippen molar-refractivity contribution in [1.82, 2.24) is 19.9 Å². The Kier molecular flexibility index (Phi) is 6.45. The average molecular weight is 516 g/mol. The van der Waals surface area contributed by atoms with Gasteiger partial charge < -0.3 is 15.4 Å². The summed E-state index contributed by atoms with van der Waals surface area (Å²) in [6, 6.07) is 8.86. The Hall–Kier alpha value is -3.99. The molecule has 4 rings (SSSR count). The molecule has 0 bridgehead atoms. The Morgan fingerprint density at radius 1 is 1.08 bits per heavy atom. The van der Waals surface area contributed by atoms with Gasteiger partial charge in [0.05, 0.1) is 23.5 Å². The molecule has 2 aromatic heterocycles. The summed E-state index contributed by atoms with van der Waals surface area (Å²) in [6.07, 6.45) is -3.89. The number of benzene rings is 2. The van der Waals surface area contributed by atoms with E-state index in [0.29, 0.717) is 5.56 Å². The maximum Gasteiger partial charge on any atom is 0.421 e. The van der Waals surface area contributed by atoms with Crippen molar-refractivity contribution in [2.45, 2.75) is 45.5 Å². The number of halogens is 4. The number of aryl methyl sites for hydroxylation is 2. The van der Waals surface area contributed by atoms with Crippen molar-refractivity contribution in [1.29, 1.82) is 0 Å². The number of amides is 1. The summed E-state index contributed by atoms with van der Waals surface area (Å²) in [5, 5.41) is 16.8. The Labute approximate surface area is 208 Å². The van der Waals surface area contributed by atoms with Crippen LogP contribution in [0, 0.1) is 19.7 Å². The summed E-state index contributed by atoms with van der Waals surface area (Å²) in [6.45, 7) is 6.44. The number of aliphatic hydroxyl groups is 1. The van der Waals surface area contributed by atoms with Crippen LogP contribution in [-0.2, 0) is 6.18 Å². The second kappa shape index (κ2) is 9.15. The highest BCUT2D eigenvalue weighted by Gasteiger charge is 2.42. The third-order valence-corrected chi connectivity index (χ3v) is 6.13. The third kappa shape index (κ3) is 5.12. The number of rotatable bonds is 5. The zero-order valence-corrected chi connectivity index (χ0v) is 20.4. The number of nitrogens with one attached hydrogen (secondary N) is 2. The van der Waals surface area contributed by atoms with Gasteiger partial charge in [-0.3, -0.25) is 9.59 Å². The molecule has 0 unspecified atom stereocenters. The van der Waals surface area contributed by atoms with Gasteiger partial charge in [0.2, 0.25) is 0 Å². The topological polar surface area (TPSA) is 99.5 Å². The van der Waals surface area contributed by atoms with Crippen LogP contribution in [0.1, 0.15) is 52.6 Å². The lowest BCUT2D eigenvalue weighted by atomic mass is 9.91. The molecule has 0 spiro atoms. The van der Waals surface area contributed by atoms with Gasteiger partial charge in [-0.15, -0.1) is 0 Å². The van der Waals surface area contributed by atoms with Gasteiger partial charge in [0, 0.05) is 0 Å². The van der Waals surface area contributed by atoms with Crippen molar-refractivity contribution < 1.29 is 27.5 Å². The van der Waals surface area contributed by atoms with Crippen LogP contribution >= 0.6 is 0 Å².